The first-order valence-corrected chi connectivity index (χ1v) is 4.36. The summed E-state index contributed by atoms with van der Waals surface area (Å²) in [6, 6.07) is 0.681. The van der Waals surface area contributed by atoms with Gasteiger partial charge in [-0.1, -0.05) is 0 Å². The van der Waals surface area contributed by atoms with Crippen molar-refractivity contribution in [3.8, 4) is 11.5 Å². The number of halogens is 1. The van der Waals surface area contributed by atoms with E-state index in [1.54, 1.807) is 0 Å². The molecule has 0 spiro atoms. The van der Waals surface area contributed by atoms with Crippen molar-refractivity contribution in [2.75, 3.05) is 0 Å². The summed E-state index contributed by atoms with van der Waals surface area (Å²) in [6.07, 6.45) is 0. The number of phenols is 2. The maximum Gasteiger partial charge on any atom is 0.339 e. The van der Waals surface area contributed by atoms with E-state index in [0.29, 0.717) is 6.07 Å². The molecule has 0 aromatic heterocycles. The molecule has 80 valence electrons. The molecule has 4 N–H and O–H groups in total. The van der Waals surface area contributed by atoms with Gasteiger partial charge in [-0.2, -0.15) is 0 Å². The maximum absolute atomic E-state index is 10.6. The van der Waals surface area contributed by atoms with E-state index in [2.05, 4.69) is 15.9 Å². The van der Waals surface area contributed by atoms with Gasteiger partial charge in [-0.25, -0.2) is 9.59 Å². The van der Waals surface area contributed by atoms with Crippen LogP contribution in [0.2, 0.25) is 0 Å². The van der Waals surface area contributed by atoms with Crippen molar-refractivity contribution in [2.24, 2.45) is 0 Å². The number of carboxylic acids is 2. The van der Waals surface area contributed by atoms with Crippen LogP contribution in [0.25, 0.3) is 0 Å². The van der Waals surface area contributed by atoms with Crippen molar-refractivity contribution in [1.29, 1.82) is 0 Å². The summed E-state index contributed by atoms with van der Waals surface area (Å²) in [7, 11) is 0. The standard InChI is InChI=1S/C8H5BrO6/c9-4-5(10)2(7(12)13)1-3(6(4)11)8(14)15/h1,10-11H,(H,12,13)(H,14,15). The lowest BCUT2D eigenvalue weighted by atomic mass is 10.1. The van der Waals surface area contributed by atoms with Crippen LogP contribution in [0.3, 0.4) is 0 Å². The highest BCUT2D eigenvalue weighted by atomic mass is 79.9. The number of aromatic hydroxyl groups is 2. The third kappa shape index (κ3) is 1.86. The van der Waals surface area contributed by atoms with Crippen molar-refractivity contribution in [1.82, 2.24) is 0 Å². The predicted molar refractivity (Wildman–Crippen MR) is 51.4 cm³/mol. The smallest absolute Gasteiger partial charge is 0.339 e. The monoisotopic (exact) mass is 276 g/mol. The van der Waals surface area contributed by atoms with Gasteiger partial charge in [0.15, 0.2) is 0 Å². The van der Waals surface area contributed by atoms with Crippen molar-refractivity contribution < 1.29 is 30.0 Å². The number of hydrogen-bond donors (Lipinski definition) is 4. The minimum absolute atomic E-state index is 0.361. The first kappa shape index (κ1) is 11.3. The van der Waals surface area contributed by atoms with Gasteiger partial charge in [0.1, 0.15) is 27.1 Å². The zero-order chi connectivity index (χ0) is 11.7. The van der Waals surface area contributed by atoms with E-state index in [0.717, 1.165) is 0 Å². The van der Waals surface area contributed by atoms with Crippen LogP contribution in [0.1, 0.15) is 20.7 Å². The molecular formula is C8H5BrO6. The zero-order valence-corrected chi connectivity index (χ0v) is 8.65. The average molecular weight is 277 g/mol. The Morgan fingerprint density at radius 3 is 1.60 bits per heavy atom. The molecule has 0 heterocycles. The summed E-state index contributed by atoms with van der Waals surface area (Å²) in [5, 5.41) is 35.8. The molecule has 6 nitrogen and oxygen atoms in total. The van der Waals surface area contributed by atoms with Crippen LogP contribution >= 0.6 is 15.9 Å². The molecule has 1 aromatic carbocycles. The van der Waals surface area contributed by atoms with E-state index < -0.39 is 34.6 Å². The van der Waals surface area contributed by atoms with Crippen LogP contribution in [0, 0.1) is 0 Å². The van der Waals surface area contributed by atoms with Gasteiger partial charge in [-0.3, -0.25) is 0 Å². The average Bonchev–Trinajstić information content (AvgIpc) is 2.13. The van der Waals surface area contributed by atoms with E-state index >= 15 is 0 Å². The van der Waals surface area contributed by atoms with E-state index in [-0.39, 0.29) is 4.47 Å². The summed E-state index contributed by atoms with van der Waals surface area (Å²) in [5.74, 6) is -4.42. The molecule has 15 heavy (non-hydrogen) atoms. The molecule has 0 aliphatic rings. The molecule has 1 rings (SSSR count). The largest absolute Gasteiger partial charge is 0.506 e. The molecule has 0 aliphatic heterocycles. The summed E-state index contributed by atoms with van der Waals surface area (Å²) in [4.78, 5) is 21.2. The van der Waals surface area contributed by atoms with Crippen LogP contribution in [0.5, 0.6) is 11.5 Å². The summed E-state index contributed by atoms with van der Waals surface area (Å²) in [6.45, 7) is 0. The van der Waals surface area contributed by atoms with E-state index in [9.17, 15) is 19.8 Å². The van der Waals surface area contributed by atoms with Gasteiger partial charge in [0.25, 0.3) is 0 Å². The van der Waals surface area contributed by atoms with Crippen LogP contribution in [0.15, 0.2) is 10.5 Å². The molecule has 0 saturated carbocycles. The lowest BCUT2D eigenvalue weighted by molar-refractivity contribution is 0.0693. The molecule has 0 aliphatic carbocycles. The molecule has 0 fully saturated rings. The normalized spacial score (nSPS) is 9.93. The molecular weight excluding hydrogens is 272 g/mol. The van der Waals surface area contributed by atoms with Crippen LogP contribution in [-0.4, -0.2) is 32.4 Å². The molecule has 7 heteroatoms. The van der Waals surface area contributed by atoms with Gasteiger partial charge in [-0.05, 0) is 22.0 Å². The fourth-order valence-corrected chi connectivity index (χ4v) is 1.38. The topological polar surface area (TPSA) is 115 Å². The molecule has 0 amide bonds. The summed E-state index contributed by atoms with van der Waals surface area (Å²) >= 11 is 2.69. The molecule has 0 saturated heterocycles. The van der Waals surface area contributed by atoms with Gasteiger partial charge in [-0.15, -0.1) is 0 Å². The highest BCUT2D eigenvalue weighted by molar-refractivity contribution is 9.10. The lowest BCUT2D eigenvalue weighted by Gasteiger charge is -2.07. The Kier molecular flexibility index (Phi) is 2.85. The summed E-state index contributed by atoms with van der Waals surface area (Å²) in [5.41, 5.74) is -1.20. The van der Waals surface area contributed by atoms with Crippen LogP contribution in [-0.2, 0) is 0 Å². The fourth-order valence-electron chi connectivity index (χ4n) is 0.956. The number of carboxylic acid groups (broad SMARTS) is 2. The second kappa shape index (κ2) is 3.77. The van der Waals surface area contributed by atoms with Crippen LogP contribution < -0.4 is 0 Å². The number of hydrogen-bond acceptors (Lipinski definition) is 4. The van der Waals surface area contributed by atoms with Gasteiger partial charge in [0.2, 0.25) is 0 Å². The van der Waals surface area contributed by atoms with Gasteiger partial charge >= 0.3 is 11.9 Å². The fraction of sp³-hybridized carbons (Fsp3) is 0. The minimum Gasteiger partial charge on any atom is -0.506 e. The number of carbonyl (C=O) groups is 2. The van der Waals surface area contributed by atoms with Gasteiger partial charge in [0, 0.05) is 0 Å². The molecule has 0 bridgehead atoms. The second-order valence-corrected chi connectivity index (χ2v) is 3.39. The van der Waals surface area contributed by atoms with E-state index in [1.807, 2.05) is 0 Å². The lowest BCUT2D eigenvalue weighted by Crippen LogP contribution is -2.03. The van der Waals surface area contributed by atoms with Crippen molar-refractivity contribution in [3.05, 3.63) is 21.7 Å². The Morgan fingerprint density at radius 1 is 1.00 bits per heavy atom. The Labute approximate surface area is 91.5 Å². The van der Waals surface area contributed by atoms with E-state index in [1.165, 1.54) is 0 Å². The quantitative estimate of drug-likeness (QED) is 0.646. The summed E-state index contributed by atoms with van der Waals surface area (Å²) < 4.78 is -0.361. The Morgan fingerprint density at radius 2 is 1.33 bits per heavy atom. The van der Waals surface area contributed by atoms with E-state index in [4.69, 9.17) is 10.2 Å². The first-order valence-electron chi connectivity index (χ1n) is 3.57. The SMILES string of the molecule is O=C(O)c1cc(C(=O)O)c(O)c(Br)c1O. The Hall–Kier alpha value is -1.76. The molecule has 0 radical (unpaired) electrons. The zero-order valence-electron chi connectivity index (χ0n) is 7.06. The first-order chi connectivity index (χ1) is 6.86. The minimum atomic E-state index is -1.49. The number of aromatic carboxylic acids is 2. The van der Waals surface area contributed by atoms with Crippen molar-refractivity contribution >= 4 is 27.9 Å². The highest BCUT2D eigenvalue weighted by Crippen LogP contribution is 2.38. The molecule has 1 aromatic rings. The van der Waals surface area contributed by atoms with Crippen LogP contribution in [0.4, 0.5) is 0 Å². The second-order valence-electron chi connectivity index (χ2n) is 2.59. The Balaban J connectivity index is 3.59. The highest BCUT2D eigenvalue weighted by Gasteiger charge is 2.22. The molecule has 0 atom stereocenters. The van der Waals surface area contributed by atoms with Crippen molar-refractivity contribution in [3.63, 3.8) is 0 Å². The van der Waals surface area contributed by atoms with Crippen molar-refractivity contribution in [2.45, 2.75) is 0 Å². The number of rotatable bonds is 2. The molecule has 0 unspecified atom stereocenters. The third-order valence-electron chi connectivity index (χ3n) is 1.68. The predicted octanol–water partition coefficient (Wildman–Crippen LogP) is 1.26. The van der Waals surface area contributed by atoms with Gasteiger partial charge < -0.3 is 20.4 Å². The Bertz CT molecular complexity index is 415. The third-order valence-corrected chi connectivity index (χ3v) is 2.43. The van der Waals surface area contributed by atoms with Gasteiger partial charge in [0.05, 0.1) is 0 Å². The maximum atomic E-state index is 10.6. The number of benzene rings is 1.